The normalized spacial score (nSPS) is 45.5. The van der Waals surface area contributed by atoms with E-state index in [1.54, 1.807) is 0 Å². The fourth-order valence-corrected chi connectivity index (χ4v) is 7.97. The summed E-state index contributed by atoms with van der Waals surface area (Å²) >= 11 is 0. The van der Waals surface area contributed by atoms with E-state index < -0.39 is 63.1 Å². The van der Waals surface area contributed by atoms with E-state index in [4.69, 9.17) is 23.5 Å². The SMILES string of the molecule is O=C1C2CC3CC1CC(C(=O)OC1C4CC5(C(=O)OCCCS(=O)(=O)O)C(=O)OC1C5O4)(C3)C2. The number of fused-ring (bicyclic) bond motifs is 1. The molecule has 0 spiro atoms. The highest BCUT2D eigenvalue weighted by Crippen LogP contribution is 2.60. The van der Waals surface area contributed by atoms with Crippen LogP contribution in [0.3, 0.4) is 0 Å². The van der Waals surface area contributed by atoms with E-state index in [-0.39, 0.29) is 43.0 Å². The smallest absolute Gasteiger partial charge is 0.326 e. The van der Waals surface area contributed by atoms with Gasteiger partial charge in [0, 0.05) is 18.3 Å². The van der Waals surface area contributed by atoms with Crippen molar-refractivity contribution in [2.24, 2.45) is 28.6 Å². The van der Waals surface area contributed by atoms with Crippen LogP contribution < -0.4 is 0 Å². The van der Waals surface area contributed by atoms with E-state index in [0.717, 1.165) is 12.8 Å². The average Bonchev–Trinajstić information content (AvgIpc) is 3.36. The molecule has 7 rings (SSSR count). The summed E-state index contributed by atoms with van der Waals surface area (Å²) in [6, 6.07) is 0. The number of ketones is 1. The summed E-state index contributed by atoms with van der Waals surface area (Å²) < 4.78 is 52.7. The van der Waals surface area contributed by atoms with Gasteiger partial charge in [-0.1, -0.05) is 0 Å². The number of hydrogen-bond acceptors (Lipinski definition) is 10. The van der Waals surface area contributed by atoms with Gasteiger partial charge in [-0.3, -0.25) is 23.7 Å². The first-order valence-corrected chi connectivity index (χ1v) is 13.4. The van der Waals surface area contributed by atoms with Gasteiger partial charge >= 0.3 is 17.9 Å². The molecular weight excluding hydrogens is 472 g/mol. The first-order chi connectivity index (χ1) is 16.0. The third-order valence-electron chi connectivity index (χ3n) is 8.74. The molecule has 0 amide bonds. The Hall–Kier alpha value is -2.05. The standard InChI is InChI=1S/C22H26O11S/c23-14-11-4-10-5-12(14)8-21(6-10,7-11)18(24)32-15-13-9-22(17(31-13)16(15)33-20(22)26)19(25)30-2-1-3-34(27,28)29/h10-13,15-17H,1-9H2,(H,27,28,29). The van der Waals surface area contributed by atoms with Gasteiger partial charge in [-0.25, -0.2) is 0 Å². The summed E-state index contributed by atoms with van der Waals surface area (Å²) in [5.74, 6) is -2.15. The van der Waals surface area contributed by atoms with Crippen molar-refractivity contribution in [3.8, 4) is 0 Å². The minimum atomic E-state index is -4.19. The van der Waals surface area contributed by atoms with Crippen LogP contribution in [0.25, 0.3) is 0 Å². The minimum absolute atomic E-state index is 0.0541. The van der Waals surface area contributed by atoms with Crippen LogP contribution in [0.4, 0.5) is 0 Å². The van der Waals surface area contributed by atoms with Gasteiger partial charge < -0.3 is 18.9 Å². The maximum atomic E-state index is 13.4. The Morgan fingerprint density at radius 1 is 1.06 bits per heavy atom. The molecule has 4 aliphatic carbocycles. The zero-order chi connectivity index (χ0) is 24.0. The average molecular weight is 499 g/mol. The highest BCUT2D eigenvalue weighted by molar-refractivity contribution is 7.85. The number of hydrogen-bond donors (Lipinski definition) is 1. The van der Waals surface area contributed by atoms with Crippen molar-refractivity contribution >= 4 is 33.8 Å². The second-order valence-corrected chi connectivity index (χ2v) is 12.4. The molecule has 11 nitrogen and oxygen atoms in total. The molecule has 7 atom stereocenters. The van der Waals surface area contributed by atoms with E-state index in [2.05, 4.69) is 0 Å². The topological polar surface area (TPSA) is 160 Å². The predicted molar refractivity (Wildman–Crippen MR) is 108 cm³/mol. The Labute approximate surface area is 195 Å². The van der Waals surface area contributed by atoms with E-state index >= 15 is 0 Å². The number of rotatable bonds is 7. The largest absolute Gasteiger partial charge is 0.465 e. The van der Waals surface area contributed by atoms with Gasteiger partial charge in [0.25, 0.3) is 10.1 Å². The zero-order valence-electron chi connectivity index (χ0n) is 18.3. The first kappa shape index (κ1) is 22.4. The molecule has 7 unspecified atom stereocenters. The molecule has 0 aromatic carbocycles. The lowest BCUT2D eigenvalue weighted by Crippen LogP contribution is -2.56. The van der Waals surface area contributed by atoms with Crippen molar-refractivity contribution in [1.82, 2.24) is 0 Å². The molecule has 1 N–H and O–H groups in total. The molecule has 34 heavy (non-hydrogen) atoms. The summed E-state index contributed by atoms with van der Waals surface area (Å²) in [4.78, 5) is 51.3. The number of esters is 3. The van der Waals surface area contributed by atoms with Crippen molar-refractivity contribution in [1.29, 1.82) is 0 Å². The predicted octanol–water partition coefficient (Wildman–Crippen LogP) is 0.198. The Balaban J connectivity index is 1.13. The quantitative estimate of drug-likeness (QED) is 0.168. The molecule has 3 heterocycles. The van der Waals surface area contributed by atoms with Gasteiger partial charge in [0.15, 0.2) is 17.6 Å². The Bertz CT molecular complexity index is 1060. The summed E-state index contributed by atoms with van der Waals surface area (Å²) in [5.41, 5.74) is -2.35. The highest BCUT2D eigenvalue weighted by atomic mass is 32.2. The molecule has 0 aromatic rings. The molecule has 4 saturated carbocycles. The van der Waals surface area contributed by atoms with Crippen molar-refractivity contribution in [2.45, 2.75) is 69.4 Å². The molecular formula is C22H26O11S. The van der Waals surface area contributed by atoms with Gasteiger partial charge in [0.05, 0.1) is 17.8 Å². The highest BCUT2D eigenvalue weighted by Gasteiger charge is 2.77. The fraction of sp³-hybridized carbons (Fsp3) is 0.818. The van der Waals surface area contributed by atoms with Gasteiger partial charge in [-0.2, -0.15) is 8.42 Å². The van der Waals surface area contributed by atoms with Crippen LogP contribution in [0.1, 0.15) is 44.9 Å². The van der Waals surface area contributed by atoms with E-state index in [1.165, 1.54) is 0 Å². The summed E-state index contributed by atoms with van der Waals surface area (Å²) in [5, 5.41) is 0. The second kappa shape index (κ2) is 7.23. The van der Waals surface area contributed by atoms with Gasteiger partial charge in [0.1, 0.15) is 18.0 Å². The zero-order valence-corrected chi connectivity index (χ0v) is 19.2. The van der Waals surface area contributed by atoms with Crippen LogP contribution in [0.2, 0.25) is 0 Å². The maximum absolute atomic E-state index is 13.4. The van der Waals surface area contributed by atoms with E-state index in [1.807, 2.05) is 0 Å². The number of carbonyl (C=O) groups is 4. The molecule has 0 aromatic heterocycles. The number of Topliss-reactive ketones (excluding diaryl/α,β-unsaturated/α-hetero) is 1. The van der Waals surface area contributed by atoms with Crippen molar-refractivity contribution in [3.05, 3.63) is 0 Å². The number of carbonyl (C=O) groups excluding carboxylic acids is 4. The summed E-state index contributed by atoms with van der Waals surface area (Å²) in [6.07, 6.45) is -0.174. The molecule has 186 valence electrons. The van der Waals surface area contributed by atoms with Gasteiger partial charge in [-0.05, 0) is 44.4 Å². The van der Waals surface area contributed by atoms with Crippen molar-refractivity contribution < 1.29 is 51.1 Å². The Morgan fingerprint density at radius 3 is 2.44 bits per heavy atom. The Kier molecular flexibility index (Phi) is 4.77. The van der Waals surface area contributed by atoms with Gasteiger partial charge in [0.2, 0.25) is 0 Å². The van der Waals surface area contributed by atoms with Crippen LogP contribution in [0, 0.1) is 28.6 Å². The Morgan fingerprint density at radius 2 is 1.76 bits per heavy atom. The second-order valence-electron chi connectivity index (χ2n) is 10.8. The lowest BCUT2D eigenvalue weighted by atomic mass is 9.49. The first-order valence-electron chi connectivity index (χ1n) is 11.8. The van der Waals surface area contributed by atoms with Crippen LogP contribution in [0.5, 0.6) is 0 Å². The monoisotopic (exact) mass is 498 g/mol. The molecule has 6 bridgehead atoms. The third kappa shape index (κ3) is 3.10. The number of ether oxygens (including phenoxy) is 4. The molecule has 7 aliphatic rings. The maximum Gasteiger partial charge on any atom is 0.326 e. The fourth-order valence-electron chi connectivity index (χ4n) is 7.48. The van der Waals surface area contributed by atoms with Crippen LogP contribution in [-0.2, 0) is 48.2 Å². The summed E-state index contributed by atoms with van der Waals surface area (Å²) in [6.45, 7) is -0.293. The molecule has 0 radical (unpaired) electrons. The van der Waals surface area contributed by atoms with E-state index in [0.29, 0.717) is 25.2 Å². The third-order valence-corrected chi connectivity index (χ3v) is 9.55. The van der Waals surface area contributed by atoms with Crippen LogP contribution in [0.15, 0.2) is 0 Å². The van der Waals surface area contributed by atoms with Crippen molar-refractivity contribution in [3.63, 3.8) is 0 Å². The lowest BCUT2D eigenvalue weighted by Gasteiger charge is -2.54. The minimum Gasteiger partial charge on any atom is -0.465 e. The van der Waals surface area contributed by atoms with Crippen molar-refractivity contribution in [2.75, 3.05) is 12.4 Å². The van der Waals surface area contributed by atoms with Crippen LogP contribution in [-0.4, -0.2) is 73.4 Å². The van der Waals surface area contributed by atoms with Crippen LogP contribution >= 0.6 is 0 Å². The van der Waals surface area contributed by atoms with E-state index in [9.17, 15) is 27.6 Å². The summed E-state index contributed by atoms with van der Waals surface area (Å²) in [7, 11) is -4.19. The molecule has 7 fully saturated rings. The molecule has 12 heteroatoms. The molecule has 3 saturated heterocycles. The van der Waals surface area contributed by atoms with Gasteiger partial charge in [-0.15, -0.1) is 0 Å². The lowest BCUT2D eigenvalue weighted by molar-refractivity contribution is -0.185. The molecule has 3 aliphatic heterocycles.